The van der Waals surface area contributed by atoms with Gasteiger partial charge in [0, 0.05) is 25.2 Å². The van der Waals surface area contributed by atoms with Gasteiger partial charge < -0.3 is 0 Å². The molecular weight excluding hydrogens is 318 g/mol. The SMILES string of the molecule is CCCCCCCC/C=C\CCCCCCCC(=O)Cc1cccnc1. The predicted molar refractivity (Wildman–Crippen MR) is 112 cm³/mol. The number of pyridine rings is 1. The first-order chi connectivity index (χ1) is 12.8. The van der Waals surface area contributed by atoms with Crippen molar-refractivity contribution in [2.45, 2.75) is 103 Å². The third kappa shape index (κ3) is 13.8. The lowest BCUT2D eigenvalue weighted by Crippen LogP contribution is -2.02. The normalized spacial score (nSPS) is 11.3. The van der Waals surface area contributed by atoms with Gasteiger partial charge in [0.05, 0.1) is 0 Å². The van der Waals surface area contributed by atoms with Gasteiger partial charge in [0.2, 0.25) is 0 Å². The fraction of sp³-hybridized carbons (Fsp3) is 0.667. The molecule has 0 bridgehead atoms. The molecule has 146 valence electrons. The van der Waals surface area contributed by atoms with Crippen molar-refractivity contribution in [2.24, 2.45) is 0 Å². The van der Waals surface area contributed by atoms with Gasteiger partial charge in [0.25, 0.3) is 0 Å². The van der Waals surface area contributed by atoms with E-state index in [-0.39, 0.29) is 0 Å². The van der Waals surface area contributed by atoms with Crippen LogP contribution in [-0.4, -0.2) is 10.8 Å². The summed E-state index contributed by atoms with van der Waals surface area (Å²) in [5, 5.41) is 0. The molecule has 0 amide bonds. The number of carbonyl (C=O) groups excluding carboxylic acids is 1. The van der Waals surface area contributed by atoms with Crippen LogP contribution < -0.4 is 0 Å². The van der Waals surface area contributed by atoms with E-state index in [0.717, 1.165) is 12.0 Å². The van der Waals surface area contributed by atoms with Gasteiger partial charge in [-0.05, 0) is 43.7 Å². The smallest absolute Gasteiger partial charge is 0.137 e. The van der Waals surface area contributed by atoms with E-state index in [4.69, 9.17) is 0 Å². The highest BCUT2D eigenvalue weighted by atomic mass is 16.1. The first kappa shape index (κ1) is 22.6. The second kappa shape index (κ2) is 17.0. The standard InChI is InChI=1S/C24H39NO/c1-2-3-4-5-6-7-8-9-10-11-12-13-14-15-16-19-24(26)21-23-18-17-20-25-22-23/h9-10,17-18,20,22H,2-8,11-16,19,21H2,1H3/b10-9-. The lowest BCUT2D eigenvalue weighted by Gasteiger charge is -2.02. The van der Waals surface area contributed by atoms with E-state index in [9.17, 15) is 4.79 Å². The lowest BCUT2D eigenvalue weighted by molar-refractivity contribution is -0.118. The highest BCUT2D eigenvalue weighted by molar-refractivity contribution is 5.80. The number of carbonyl (C=O) groups is 1. The van der Waals surface area contributed by atoms with Gasteiger partial charge >= 0.3 is 0 Å². The minimum absolute atomic E-state index is 0.343. The van der Waals surface area contributed by atoms with E-state index in [1.165, 1.54) is 77.0 Å². The molecule has 1 aromatic rings. The van der Waals surface area contributed by atoms with Crippen molar-refractivity contribution in [3.8, 4) is 0 Å². The number of Topliss-reactive ketones (excluding diaryl/α,β-unsaturated/α-hetero) is 1. The van der Waals surface area contributed by atoms with Crippen LogP contribution in [0.4, 0.5) is 0 Å². The average Bonchev–Trinajstić information content (AvgIpc) is 2.65. The molecule has 1 heterocycles. The summed E-state index contributed by atoms with van der Waals surface area (Å²) in [6, 6.07) is 3.87. The molecule has 0 spiro atoms. The maximum Gasteiger partial charge on any atom is 0.137 e. The third-order valence-electron chi connectivity index (χ3n) is 4.84. The van der Waals surface area contributed by atoms with Gasteiger partial charge in [0.1, 0.15) is 5.78 Å². The molecule has 0 aromatic carbocycles. The van der Waals surface area contributed by atoms with Gasteiger partial charge in [-0.2, -0.15) is 0 Å². The van der Waals surface area contributed by atoms with Crippen LogP contribution in [-0.2, 0) is 11.2 Å². The second-order valence-electron chi connectivity index (χ2n) is 7.41. The fourth-order valence-corrected chi connectivity index (χ4v) is 3.21. The highest BCUT2D eigenvalue weighted by Gasteiger charge is 2.03. The summed E-state index contributed by atoms with van der Waals surface area (Å²) in [6.07, 6.45) is 26.4. The van der Waals surface area contributed by atoms with Crippen LogP contribution >= 0.6 is 0 Å². The summed E-state index contributed by atoms with van der Waals surface area (Å²) in [5.41, 5.74) is 1.03. The molecule has 26 heavy (non-hydrogen) atoms. The quantitative estimate of drug-likeness (QED) is 0.217. The number of nitrogens with zero attached hydrogens (tertiary/aromatic N) is 1. The molecule has 0 atom stereocenters. The Labute approximate surface area is 161 Å². The number of rotatable bonds is 17. The van der Waals surface area contributed by atoms with Crippen molar-refractivity contribution >= 4 is 5.78 Å². The third-order valence-corrected chi connectivity index (χ3v) is 4.84. The van der Waals surface area contributed by atoms with E-state index in [2.05, 4.69) is 24.1 Å². The van der Waals surface area contributed by atoms with Crippen molar-refractivity contribution in [3.63, 3.8) is 0 Å². The summed E-state index contributed by atoms with van der Waals surface area (Å²) in [7, 11) is 0. The summed E-state index contributed by atoms with van der Waals surface area (Å²) in [6.45, 7) is 2.27. The van der Waals surface area contributed by atoms with Gasteiger partial charge in [-0.15, -0.1) is 0 Å². The van der Waals surface area contributed by atoms with E-state index in [1.54, 1.807) is 12.4 Å². The first-order valence-electron chi connectivity index (χ1n) is 10.9. The van der Waals surface area contributed by atoms with Crippen molar-refractivity contribution < 1.29 is 4.79 Å². The molecule has 0 radical (unpaired) electrons. The van der Waals surface area contributed by atoms with Crippen LogP contribution in [0.3, 0.4) is 0 Å². The Hall–Kier alpha value is -1.44. The van der Waals surface area contributed by atoms with Crippen LogP contribution in [0.15, 0.2) is 36.7 Å². The fourth-order valence-electron chi connectivity index (χ4n) is 3.21. The van der Waals surface area contributed by atoms with E-state index in [0.29, 0.717) is 18.6 Å². The van der Waals surface area contributed by atoms with E-state index in [1.807, 2.05) is 12.1 Å². The zero-order chi connectivity index (χ0) is 18.7. The monoisotopic (exact) mass is 357 g/mol. The lowest BCUT2D eigenvalue weighted by atomic mass is 10.0. The molecule has 1 aromatic heterocycles. The Kier molecular flexibility index (Phi) is 14.8. The number of allylic oxidation sites excluding steroid dienone is 2. The van der Waals surface area contributed by atoms with Crippen molar-refractivity contribution in [1.82, 2.24) is 4.98 Å². The minimum atomic E-state index is 0.343. The molecule has 0 aliphatic heterocycles. The van der Waals surface area contributed by atoms with Crippen LogP contribution in [0.5, 0.6) is 0 Å². The Morgan fingerprint density at radius 3 is 2.12 bits per heavy atom. The molecule has 1 rings (SSSR count). The molecule has 0 aliphatic carbocycles. The van der Waals surface area contributed by atoms with E-state index >= 15 is 0 Å². The largest absolute Gasteiger partial charge is 0.299 e. The van der Waals surface area contributed by atoms with Crippen LogP contribution in [0, 0.1) is 0 Å². The van der Waals surface area contributed by atoms with Crippen LogP contribution in [0.1, 0.15) is 102 Å². The maximum absolute atomic E-state index is 11.9. The van der Waals surface area contributed by atoms with Gasteiger partial charge in [-0.3, -0.25) is 9.78 Å². The maximum atomic E-state index is 11.9. The molecule has 0 fully saturated rings. The number of unbranched alkanes of at least 4 members (excludes halogenated alkanes) is 11. The van der Waals surface area contributed by atoms with Crippen LogP contribution in [0.2, 0.25) is 0 Å². The molecule has 0 saturated heterocycles. The first-order valence-corrected chi connectivity index (χ1v) is 10.9. The molecule has 0 unspecified atom stereocenters. The summed E-state index contributed by atoms with van der Waals surface area (Å²) >= 11 is 0. The Morgan fingerprint density at radius 1 is 0.885 bits per heavy atom. The second-order valence-corrected chi connectivity index (χ2v) is 7.41. The van der Waals surface area contributed by atoms with Crippen molar-refractivity contribution in [2.75, 3.05) is 0 Å². The van der Waals surface area contributed by atoms with Crippen molar-refractivity contribution in [3.05, 3.63) is 42.2 Å². The number of hydrogen-bond donors (Lipinski definition) is 0. The van der Waals surface area contributed by atoms with Gasteiger partial charge in [-0.1, -0.05) is 76.5 Å². The number of ketones is 1. The number of hydrogen-bond acceptors (Lipinski definition) is 2. The zero-order valence-corrected chi connectivity index (χ0v) is 16.9. The topological polar surface area (TPSA) is 30.0 Å². The molecule has 0 N–H and O–H groups in total. The Morgan fingerprint density at radius 2 is 1.50 bits per heavy atom. The van der Waals surface area contributed by atoms with Gasteiger partial charge in [-0.25, -0.2) is 0 Å². The Balaban J connectivity index is 1.83. The van der Waals surface area contributed by atoms with E-state index < -0.39 is 0 Å². The minimum Gasteiger partial charge on any atom is -0.299 e. The summed E-state index contributed by atoms with van der Waals surface area (Å²) < 4.78 is 0. The number of aromatic nitrogens is 1. The van der Waals surface area contributed by atoms with Gasteiger partial charge in [0.15, 0.2) is 0 Å². The van der Waals surface area contributed by atoms with Crippen LogP contribution in [0.25, 0.3) is 0 Å². The summed E-state index contributed by atoms with van der Waals surface area (Å²) in [5.74, 6) is 0.343. The van der Waals surface area contributed by atoms with Crippen molar-refractivity contribution in [1.29, 1.82) is 0 Å². The Bertz CT molecular complexity index is 466. The average molecular weight is 358 g/mol. The predicted octanol–water partition coefficient (Wildman–Crippen LogP) is 7.23. The summed E-state index contributed by atoms with van der Waals surface area (Å²) in [4.78, 5) is 16.0. The molecule has 2 heteroatoms. The molecule has 2 nitrogen and oxygen atoms in total. The molecule has 0 saturated carbocycles. The highest BCUT2D eigenvalue weighted by Crippen LogP contribution is 2.11. The zero-order valence-electron chi connectivity index (χ0n) is 16.9. The molecular formula is C24H39NO. The molecule has 0 aliphatic rings.